The first-order chi connectivity index (χ1) is 11.6. The standard InChI is InChI=1S/C17H20F3NO4/c1-21(14(22)11-16(15(23)24)7-2-8-16)9-10-25-13-5-3-12(4-6-13)17(18,19)20/h3-6H,2,7-11H2,1H3,(H,23,24). The highest BCUT2D eigenvalue weighted by Crippen LogP contribution is 2.44. The fourth-order valence-electron chi connectivity index (χ4n) is 2.66. The van der Waals surface area contributed by atoms with Crippen LogP contribution in [-0.2, 0) is 15.8 Å². The predicted octanol–water partition coefficient (Wildman–Crippen LogP) is 3.19. The molecule has 0 heterocycles. The lowest BCUT2D eigenvalue weighted by atomic mass is 9.66. The molecule has 138 valence electrons. The molecule has 1 aliphatic carbocycles. The molecule has 1 aliphatic rings. The Labute approximate surface area is 143 Å². The topological polar surface area (TPSA) is 66.8 Å². The lowest BCUT2D eigenvalue weighted by Gasteiger charge is -2.37. The summed E-state index contributed by atoms with van der Waals surface area (Å²) >= 11 is 0. The average Bonchev–Trinajstić information content (AvgIpc) is 2.49. The fraction of sp³-hybridized carbons (Fsp3) is 0.529. The number of carboxylic acids is 1. The van der Waals surface area contributed by atoms with E-state index in [0.717, 1.165) is 18.6 Å². The van der Waals surface area contributed by atoms with Crippen LogP contribution < -0.4 is 4.74 Å². The first-order valence-corrected chi connectivity index (χ1v) is 7.91. The Morgan fingerprint density at radius 1 is 1.24 bits per heavy atom. The van der Waals surface area contributed by atoms with Crippen molar-refractivity contribution in [2.75, 3.05) is 20.2 Å². The van der Waals surface area contributed by atoms with Crippen LogP contribution in [0.4, 0.5) is 13.2 Å². The first kappa shape index (κ1) is 19.1. The quantitative estimate of drug-likeness (QED) is 0.812. The van der Waals surface area contributed by atoms with E-state index in [2.05, 4.69) is 0 Å². The van der Waals surface area contributed by atoms with Crippen molar-refractivity contribution in [2.24, 2.45) is 5.41 Å². The molecule has 8 heteroatoms. The van der Waals surface area contributed by atoms with E-state index in [0.29, 0.717) is 12.8 Å². The van der Waals surface area contributed by atoms with E-state index in [9.17, 15) is 27.9 Å². The Kier molecular flexibility index (Phi) is 5.59. The maximum absolute atomic E-state index is 12.5. The Balaban J connectivity index is 1.79. The Bertz CT molecular complexity index is 624. The number of carboxylic acid groups (broad SMARTS) is 1. The van der Waals surface area contributed by atoms with Crippen molar-refractivity contribution in [1.82, 2.24) is 4.90 Å². The van der Waals surface area contributed by atoms with Crippen molar-refractivity contribution < 1.29 is 32.6 Å². The number of nitrogens with zero attached hydrogens (tertiary/aromatic N) is 1. The molecule has 0 radical (unpaired) electrons. The number of halogens is 3. The van der Waals surface area contributed by atoms with Gasteiger partial charge in [-0.3, -0.25) is 9.59 Å². The number of likely N-dealkylation sites (N-methyl/N-ethyl adjacent to an activating group) is 1. The molecule has 0 bridgehead atoms. The minimum absolute atomic E-state index is 0.0425. The van der Waals surface area contributed by atoms with Crippen molar-refractivity contribution in [3.8, 4) is 5.75 Å². The van der Waals surface area contributed by atoms with Gasteiger partial charge in [0, 0.05) is 13.5 Å². The average molecular weight is 359 g/mol. The Hall–Kier alpha value is -2.25. The number of amides is 1. The van der Waals surface area contributed by atoms with Gasteiger partial charge >= 0.3 is 12.1 Å². The van der Waals surface area contributed by atoms with Gasteiger partial charge in [0.1, 0.15) is 12.4 Å². The number of rotatable bonds is 7. The van der Waals surface area contributed by atoms with Crippen LogP contribution in [0, 0.1) is 5.41 Å². The molecule has 1 N–H and O–H groups in total. The monoisotopic (exact) mass is 359 g/mol. The van der Waals surface area contributed by atoms with Crippen LogP contribution in [0.1, 0.15) is 31.2 Å². The van der Waals surface area contributed by atoms with Crippen molar-refractivity contribution in [3.63, 3.8) is 0 Å². The lowest BCUT2D eigenvalue weighted by Crippen LogP contribution is -2.43. The zero-order valence-corrected chi connectivity index (χ0v) is 13.8. The first-order valence-electron chi connectivity index (χ1n) is 7.91. The van der Waals surface area contributed by atoms with Crippen LogP contribution in [0.2, 0.25) is 0 Å². The summed E-state index contributed by atoms with van der Waals surface area (Å²) in [5.74, 6) is -0.950. The number of carbonyl (C=O) groups is 2. The van der Waals surface area contributed by atoms with E-state index in [1.54, 1.807) is 7.05 Å². The second kappa shape index (κ2) is 7.33. The van der Waals surface area contributed by atoms with Gasteiger partial charge in [-0.15, -0.1) is 0 Å². The van der Waals surface area contributed by atoms with Crippen LogP contribution in [0.15, 0.2) is 24.3 Å². The summed E-state index contributed by atoms with van der Waals surface area (Å²) in [6, 6.07) is 4.30. The Morgan fingerprint density at radius 2 is 1.84 bits per heavy atom. The van der Waals surface area contributed by atoms with E-state index in [1.165, 1.54) is 17.0 Å². The molecule has 1 aromatic carbocycles. The van der Waals surface area contributed by atoms with E-state index >= 15 is 0 Å². The van der Waals surface area contributed by atoms with Crippen LogP contribution in [-0.4, -0.2) is 42.1 Å². The molecule has 0 unspecified atom stereocenters. The summed E-state index contributed by atoms with van der Waals surface area (Å²) in [6.07, 6.45) is -2.62. The number of alkyl halides is 3. The Morgan fingerprint density at radius 3 is 2.28 bits per heavy atom. The van der Waals surface area contributed by atoms with Gasteiger partial charge in [0.05, 0.1) is 17.5 Å². The molecular formula is C17H20F3NO4. The second-order valence-corrected chi connectivity index (χ2v) is 6.30. The molecule has 0 spiro atoms. The molecule has 0 atom stereocenters. The number of aliphatic carboxylic acids is 1. The predicted molar refractivity (Wildman–Crippen MR) is 83.1 cm³/mol. The van der Waals surface area contributed by atoms with Crippen LogP contribution >= 0.6 is 0 Å². The second-order valence-electron chi connectivity index (χ2n) is 6.30. The molecule has 1 fully saturated rings. The third-order valence-corrected chi connectivity index (χ3v) is 4.56. The molecule has 1 amide bonds. The molecule has 2 rings (SSSR count). The molecule has 1 aromatic rings. The minimum Gasteiger partial charge on any atom is -0.492 e. The summed E-state index contributed by atoms with van der Waals surface area (Å²) in [4.78, 5) is 24.8. The van der Waals surface area contributed by atoms with E-state index < -0.39 is 23.1 Å². The number of hydrogen-bond acceptors (Lipinski definition) is 3. The van der Waals surface area contributed by atoms with Crippen LogP contribution in [0.25, 0.3) is 0 Å². The number of ether oxygens (including phenoxy) is 1. The molecule has 0 saturated heterocycles. The third-order valence-electron chi connectivity index (χ3n) is 4.56. The van der Waals surface area contributed by atoms with Crippen molar-refractivity contribution in [2.45, 2.75) is 31.9 Å². The maximum atomic E-state index is 12.5. The fourth-order valence-corrected chi connectivity index (χ4v) is 2.66. The van der Waals surface area contributed by atoms with Crippen molar-refractivity contribution in [1.29, 1.82) is 0 Å². The highest BCUT2D eigenvalue weighted by atomic mass is 19.4. The summed E-state index contributed by atoms with van der Waals surface area (Å²) in [5.41, 5.74) is -1.70. The van der Waals surface area contributed by atoms with E-state index in [4.69, 9.17) is 4.74 Å². The highest BCUT2D eigenvalue weighted by molar-refractivity contribution is 5.85. The van der Waals surface area contributed by atoms with E-state index in [1.807, 2.05) is 0 Å². The van der Waals surface area contributed by atoms with Gasteiger partial charge in [0.25, 0.3) is 0 Å². The van der Waals surface area contributed by atoms with Gasteiger partial charge < -0.3 is 14.7 Å². The van der Waals surface area contributed by atoms with Gasteiger partial charge in [-0.1, -0.05) is 6.42 Å². The summed E-state index contributed by atoms with van der Waals surface area (Å²) < 4.78 is 42.7. The van der Waals surface area contributed by atoms with Gasteiger partial charge in [-0.2, -0.15) is 13.2 Å². The van der Waals surface area contributed by atoms with Crippen LogP contribution in [0.3, 0.4) is 0 Å². The zero-order valence-electron chi connectivity index (χ0n) is 13.8. The summed E-state index contributed by atoms with van der Waals surface area (Å²) in [7, 11) is 1.55. The van der Waals surface area contributed by atoms with Gasteiger partial charge in [0.2, 0.25) is 5.91 Å². The molecule has 5 nitrogen and oxygen atoms in total. The van der Waals surface area contributed by atoms with Crippen molar-refractivity contribution >= 4 is 11.9 Å². The van der Waals surface area contributed by atoms with Gasteiger partial charge in [0.15, 0.2) is 0 Å². The minimum atomic E-state index is -4.40. The van der Waals surface area contributed by atoms with E-state index in [-0.39, 0.29) is 31.2 Å². The summed E-state index contributed by atoms with van der Waals surface area (Å²) in [6.45, 7) is 0.323. The maximum Gasteiger partial charge on any atom is 0.416 e. The lowest BCUT2D eigenvalue weighted by molar-refractivity contribution is -0.159. The molecule has 0 aliphatic heterocycles. The number of carbonyl (C=O) groups excluding carboxylic acids is 1. The highest BCUT2D eigenvalue weighted by Gasteiger charge is 2.46. The summed E-state index contributed by atoms with van der Waals surface area (Å²) in [5, 5.41) is 9.24. The van der Waals surface area contributed by atoms with Crippen LogP contribution in [0.5, 0.6) is 5.75 Å². The molecular weight excluding hydrogens is 339 g/mol. The SMILES string of the molecule is CN(CCOc1ccc(C(F)(F)F)cc1)C(=O)CC1(C(=O)O)CCC1. The number of hydrogen-bond donors (Lipinski definition) is 1. The largest absolute Gasteiger partial charge is 0.492 e. The number of benzene rings is 1. The van der Waals surface area contributed by atoms with Gasteiger partial charge in [-0.05, 0) is 37.1 Å². The van der Waals surface area contributed by atoms with Crippen molar-refractivity contribution in [3.05, 3.63) is 29.8 Å². The smallest absolute Gasteiger partial charge is 0.416 e. The third kappa shape index (κ3) is 4.64. The molecule has 0 aromatic heterocycles. The van der Waals surface area contributed by atoms with Gasteiger partial charge in [-0.25, -0.2) is 0 Å². The molecule has 25 heavy (non-hydrogen) atoms. The zero-order chi connectivity index (χ0) is 18.7. The molecule has 1 saturated carbocycles. The normalized spacial score (nSPS) is 16.0.